The summed E-state index contributed by atoms with van der Waals surface area (Å²) in [7, 11) is 1.86. The predicted octanol–water partition coefficient (Wildman–Crippen LogP) is 6.79. The highest BCUT2D eigenvalue weighted by Crippen LogP contribution is 2.40. The lowest BCUT2D eigenvalue weighted by Gasteiger charge is -2.24. The minimum Gasteiger partial charge on any atom is -0.504 e. The van der Waals surface area contributed by atoms with E-state index in [-0.39, 0.29) is 10.6 Å². The lowest BCUT2D eigenvalue weighted by atomic mass is 10.0. The number of aryl methyl sites for hydroxylation is 1. The number of benzene rings is 2. The van der Waals surface area contributed by atoms with Crippen LogP contribution >= 0.6 is 12.0 Å². The Kier molecular flexibility index (Phi) is 7.95. The molecule has 0 amide bonds. The van der Waals surface area contributed by atoms with Gasteiger partial charge in [0.1, 0.15) is 23.5 Å². The van der Waals surface area contributed by atoms with E-state index in [4.69, 9.17) is 4.18 Å². The second-order valence-corrected chi connectivity index (χ2v) is 9.16. The Morgan fingerprint density at radius 1 is 1.11 bits per heavy atom. The van der Waals surface area contributed by atoms with Gasteiger partial charge < -0.3 is 19.2 Å². The molecule has 0 bridgehead atoms. The smallest absolute Gasteiger partial charge is 0.269 e. The average molecular weight is 506 g/mol. The fraction of sp³-hybridized carbons (Fsp3) is 0.214. The topological polar surface area (TPSA) is 78.5 Å². The van der Waals surface area contributed by atoms with E-state index >= 15 is 0 Å². The first kappa shape index (κ1) is 25.3. The van der Waals surface area contributed by atoms with Crippen LogP contribution in [0, 0.1) is 12.9 Å². The molecule has 36 heavy (non-hydrogen) atoms. The summed E-state index contributed by atoms with van der Waals surface area (Å²) < 4.78 is 19.6. The van der Waals surface area contributed by atoms with E-state index in [2.05, 4.69) is 16.9 Å². The SMILES string of the molecule is CCCCc1[nH]c(=O)c(SOc2ccc(-c3ccnc(F)c3C)cc2)c(O)c1N(C)c1ccccc1. The zero-order valence-corrected chi connectivity index (χ0v) is 21.2. The molecule has 4 aromatic rings. The molecule has 0 spiro atoms. The third-order valence-electron chi connectivity index (χ3n) is 5.98. The number of para-hydroxylation sites is 1. The van der Waals surface area contributed by atoms with Gasteiger partial charge in [-0.05, 0) is 61.2 Å². The van der Waals surface area contributed by atoms with Gasteiger partial charge in [0.25, 0.3) is 5.56 Å². The van der Waals surface area contributed by atoms with Crippen LogP contribution in [0.2, 0.25) is 0 Å². The summed E-state index contributed by atoms with van der Waals surface area (Å²) in [6.45, 7) is 3.76. The van der Waals surface area contributed by atoms with Gasteiger partial charge in [0, 0.05) is 30.2 Å². The molecule has 2 N–H and O–H groups in total. The Bertz CT molecular complexity index is 1390. The highest BCUT2D eigenvalue weighted by atomic mass is 32.2. The largest absolute Gasteiger partial charge is 0.504 e. The van der Waals surface area contributed by atoms with Gasteiger partial charge in [-0.15, -0.1) is 0 Å². The second-order valence-electron chi connectivity index (χ2n) is 8.42. The van der Waals surface area contributed by atoms with Crippen LogP contribution in [0.3, 0.4) is 0 Å². The van der Waals surface area contributed by atoms with Crippen LogP contribution in [-0.2, 0) is 6.42 Å². The first-order valence-electron chi connectivity index (χ1n) is 11.7. The van der Waals surface area contributed by atoms with Crippen LogP contribution in [0.4, 0.5) is 15.8 Å². The lowest BCUT2D eigenvalue weighted by Crippen LogP contribution is -2.19. The van der Waals surface area contributed by atoms with E-state index in [1.165, 1.54) is 6.20 Å². The summed E-state index contributed by atoms with van der Waals surface area (Å²) in [6, 6.07) is 18.5. The number of pyridine rings is 2. The highest BCUT2D eigenvalue weighted by Gasteiger charge is 2.22. The van der Waals surface area contributed by atoms with E-state index in [0.717, 1.165) is 41.7 Å². The monoisotopic (exact) mass is 505 g/mol. The fourth-order valence-electron chi connectivity index (χ4n) is 3.97. The number of anilines is 2. The fourth-order valence-corrected chi connectivity index (χ4v) is 4.56. The molecule has 6 nitrogen and oxygen atoms in total. The molecule has 0 atom stereocenters. The number of aromatic amines is 1. The van der Waals surface area contributed by atoms with Crippen LogP contribution in [0.5, 0.6) is 11.5 Å². The van der Waals surface area contributed by atoms with E-state index in [1.807, 2.05) is 54.4 Å². The third kappa shape index (κ3) is 5.39. The van der Waals surface area contributed by atoms with E-state index in [0.29, 0.717) is 29.1 Å². The van der Waals surface area contributed by atoms with E-state index in [9.17, 15) is 14.3 Å². The molecule has 0 aliphatic rings. The van der Waals surface area contributed by atoms with E-state index in [1.54, 1.807) is 25.1 Å². The molecule has 2 heterocycles. The van der Waals surface area contributed by atoms with Crippen LogP contribution < -0.4 is 14.6 Å². The van der Waals surface area contributed by atoms with Crippen molar-refractivity contribution in [3.63, 3.8) is 0 Å². The molecule has 4 rings (SSSR count). The highest BCUT2D eigenvalue weighted by molar-refractivity contribution is 7.95. The van der Waals surface area contributed by atoms with Gasteiger partial charge >= 0.3 is 0 Å². The van der Waals surface area contributed by atoms with Gasteiger partial charge in [-0.25, -0.2) is 4.98 Å². The zero-order chi connectivity index (χ0) is 25.7. The number of nitrogens with zero attached hydrogens (tertiary/aromatic N) is 2. The quantitative estimate of drug-likeness (QED) is 0.193. The summed E-state index contributed by atoms with van der Waals surface area (Å²) in [5.41, 5.74) is 3.73. The number of halogens is 1. The Balaban J connectivity index is 1.61. The Hall–Kier alpha value is -3.78. The normalized spacial score (nSPS) is 10.9. The molecule has 186 valence electrons. The first-order valence-corrected chi connectivity index (χ1v) is 12.5. The minimum atomic E-state index is -0.503. The van der Waals surface area contributed by atoms with Crippen molar-refractivity contribution in [2.75, 3.05) is 11.9 Å². The molecule has 0 unspecified atom stereocenters. The number of hydrogen-bond acceptors (Lipinski definition) is 6. The van der Waals surface area contributed by atoms with Gasteiger partial charge in [0.2, 0.25) is 5.95 Å². The van der Waals surface area contributed by atoms with Crippen molar-refractivity contribution in [1.82, 2.24) is 9.97 Å². The van der Waals surface area contributed by atoms with Crippen LogP contribution in [0.15, 0.2) is 76.6 Å². The Labute approximate surface area is 214 Å². The van der Waals surface area contributed by atoms with Gasteiger partial charge in [0.05, 0.1) is 0 Å². The number of rotatable bonds is 9. The van der Waals surface area contributed by atoms with E-state index < -0.39 is 11.5 Å². The maximum Gasteiger partial charge on any atom is 0.269 e. The molecule has 0 radical (unpaired) electrons. The second kappa shape index (κ2) is 11.3. The molecular weight excluding hydrogens is 477 g/mol. The van der Waals surface area contributed by atoms with Crippen molar-refractivity contribution in [1.29, 1.82) is 0 Å². The van der Waals surface area contributed by atoms with Gasteiger partial charge in [0.15, 0.2) is 10.6 Å². The number of nitrogens with one attached hydrogen (secondary N) is 1. The average Bonchev–Trinajstić information content (AvgIpc) is 2.89. The standard InChI is InChI=1S/C28H28FN3O3S/c1-4-5-11-23-24(32(3)20-9-7-6-8-10-20)25(33)26(28(34)31-23)36-35-21-14-12-19(13-15-21)22-16-17-30-27(29)18(22)2/h6-10,12-17H,4-5,11H2,1-3H3,(H2,31,33,34). The predicted molar refractivity (Wildman–Crippen MR) is 143 cm³/mol. The summed E-state index contributed by atoms with van der Waals surface area (Å²) in [5, 5.41) is 11.2. The molecule has 0 aliphatic heterocycles. The number of aromatic hydroxyl groups is 1. The van der Waals surface area contributed by atoms with Crippen LogP contribution in [0.1, 0.15) is 31.0 Å². The molecule has 0 saturated heterocycles. The maximum absolute atomic E-state index is 13.8. The molecule has 2 aromatic heterocycles. The van der Waals surface area contributed by atoms with Crippen molar-refractivity contribution in [3.8, 4) is 22.6 Å². The molecule has 0 aliphatic carbocycles. The van der Waals surface area contributed by atoms with Gasteiger partial charge in [-0.2, -0.15) is 4.39 Å². The van der Waals surface area contributed by atoms with Gasteiger partial charge in [-0.3, -0.25) is 4.79 Å². The number of H-pyrrole nitrogens is 1. The number of unbranched alkanes of at least 4 members (excludes halogenated alkanes) is 1. The first-order chi connectivity index (χ1) is 17.4. The van der Waals surface area contributed by atoms with Crippen LogP contribution in [-0.4, -0.2) is 22.1 Å². The molecule has 2 aromatic carbocycles. The molecule has 0 fully saturated rings. The summed E-state index contributed by atoms with van der Waals surface area (Å²) >= 11 is 0.803. The third-order valence-corrected chi connectivity index (χ3v) is 6.81. The van der Waals surface area contributed by atoms with Crippen molar-refractivity contribution < 1.29 is 13.7 Å². The molecular formula is C28H28FN3O3S. The molecule has 0 saturated carbocycles. The van der Waals surface area contributed by atoms with Gasteiger partial charge in [-0.1, -0.05) is 43.7 Å². The van der Waals surface area contributed by atoms with Crippen molar-refractivity contribution in [2.45, 2.75) is 38.0 Å². The van der Waals surface area contributed by atoms with Crippen LogP contribution in [0.25, 0.3) is 11.1 Å². The van der Waals surface area contributed by atoms with Crippen molar-refractivity contribution in [3.05, 3.63) is 94.4 Å². The summed E-state index contributed by atoms with van der Waals surface area (Å²) in [4.78, 5) is 21.4. The summed E-state index contributed by atoms with van der Waals surface area (Å²) in [6.07, 6.45) is 3.90. The van der Waals surface area contributed by atoms with Crippen molar-refractivity contribution in [2.24, 2.45) is 0 Å². The lowest BCUT2D eigenvalue weighted by molar-refractivity contribution is 0.457. The maximum atomic E-state index is 13.8. The van der Waals surface area contributed by atoms with Crippen molar-refractivity contribution >= 4 is 23.4 Å². The minimum absolute atomic E-state index is 0.0733. The Morgan fingerprint density at radius 3 is 2.53 bits per heavy atom. The Morgan fingerprint density at radius 2 is 1.83 bits per heavy atom. The summed E-state index contributed by atoms with van der Waals surface area (Å²) in [5.74, 6) is -0.139. The zero-order valence-electron chi connectivity index (χ0n) is 20.4. The molecule has 8 heteroatoms. The number of hydrogen-bond donors (Lipinski definition) is 2. The number of aromatic nitrogens is 2.